The Hall–Kier alpha value is -1.56. The predicted octanol–water partition coefficient (Wildman–Crippen LogP) is 3.89. The molecule has 22 heavy (non-hydrogen) atoms. The second-order valence-electron chi connectivity index (χ2n) is 5.07. The van der Waals surface area contributed by atoms with E-state index in [9.17, 15) is 0 Å². The molecule has 0 aliphatic carbocycles. The molecule has 0 spiro atoms. The average Bonchev–Trinajstić information content (AvgIpc) is 2.48. The normalized spacial score (nSPS) is 10.8. The van der Waals surface area contributed by atoms with Crippen molar-refractivity contribution in [1.82, 2.24) is 14.9 Å². The Morgan fingerprint density at radius 3 is 2.55 bits per heavy atom. The van der Waals surface area contributed by atoms with Gasteiger partial charge in [-0.3, -0.25) is 0 Å². The lowest BCUT2D eigenvalue weighted by atomic mass is 10.3. The molecule has 0 bridgehead atoms. The van der Waals surface area contributed by atoms with Crippen molar-refractivity contribution in [3.8, 4) is 0 Å². The fourth-order valence-electron chi connectivity index (χ4n) is 1.86. The van der Waals surface area contributed by atoms with Crippen LogP contribution in [0.4, 0.5) is 17.5 Å². The van der Waals surface area contributed by atoms with E-state index in [0.717, 1.165) is 25.3 Å². The van der Waals surface area contributed by atoms with Crippen LogP contribution in [0.25, 0.3) is 0 Å². The van der Waals surface area contributed by atoms with Crippen molar-refractivity contribution in [1.29, 1.82) is 0 Å². The van der Waals surface area contributed by atoms with Crippen molar-refractivity contribution in [2.45, 2.75) is 6.42 Å². The third kappa shape index (κ3) is 5.02. The lowest BCUT2D eigenvalue weighted by molar-refractivity contribution is 0.405. The monoisotopic (exact) mass is 339 g/mol. The molecule has 0 aliphatic heterocycles. The third-order valence-electron chi connectivity index (χ3n) is 2.94. The number of rotatable bonds is 7. The van der Waals surface area contributed by atoms with Crippen LogP contribution in [-0.4, -0.2) is 42.1 Å². The van der Waals surface area contributed by atoms with Crippen LogP contribution >= 0.6 is 23.2 Å². The van der Waals surface area contributed by atoms with Crippen LogP contribution in [0.2, 0.25) is 10.0 Å². The molecular weight excluding hydrogens is 321 g/mol. The lowest BCUT2D eigenvalue weighted by Gasteiger charge is -2.12. The smallest absolute Gasteiger partial charge is 0.229 e. The van der Waals surface area contributed by atoms with Crippen molar-refractivity contribution < 1.29 is 0 Å². The zero-order chi connectivity index (χ0) is 15.9. The van der Waals surface area contributed by atoms with E-state index < -0.39 is 0 Å². The fourth-order valence-corrected chi connectivity index (χ4v) is 2.35. The SMILES string of the molecule is CN(C)CCCNc1ccnc(Nc2c(Cl)cccc2Cl)n1. The Labute approximate surface area is 140 Å². The van der Waals surface area contributed by atoms with Crippen molar-refractivity contribution >= 4 is 40.7 Å². The average molecular weight is 340 g/mol. The summed E-state index contributed by atoms with van der Waals surface area (Å²) in [6.07, 6.45) is 2.73. The summed E-state index contributed by atoms with van der Waals surface area (Å²) < 4.78 is 0. The number of anilines is 3. The van der Waals surface area contributed by atoms with Gasteiger partial charge in [0.25, 0.3) is 0 Å². The van der Waals surface area contributed by atoms with E-state index in [0.29, 0.717) is 21.7 Å². The Kier molecular flexibility index (Phi) is 6.24. The number of nitrogens with zero attached hydrogens (tertiary/aromatic N) is 3. The minimum Gasteiger partial charge on any atom is -0.370 e. The summed E-state index contributed by atoms with van der Waals surface area (Å²) in [7, 11) is 4.11. The first-order valence-electron chi connectivity index (χ1n) is 6.99. The summed E-state index contributed by atoms with van der Waals surface area (Å²) in [5.74, 6) is 1.21. The van der Waals surface area contributed by atoms with Gasteiger partial charge in [0.05, 0.1) is 15.7 Å². The molecule has 0 unspecified atom stereocenters. The first kappa shape index (κ1) is 16.8. The molecule has 0 saturated carbocycles. The van der Waals surface area contributed by atoms with Crippen LogP contribution in [0.1, 0.15) is 6.42 Å². The zero-order valence-electron chi connectivity index (χ0n) is 12.6. The highest BCUT2D eigenvalue weighted by atomic mass is 35.5. The Morgan fingerprint density at radius 2 is 1.86 bits per heavy atom. The second kappa shape index (κ2) is 8.17. The zero-order valence-corrected chi connectivity index (χ0v) is 14.1. The number of benzene rings is 1. The molecular formula is C15H19Cl2N5. The third-order valence-corrected chi connectivity index (χ3v) is 3.57. The molecule has 0 radical (unpaired) electrons. The van der Waals surface area contributed by atoms with Gasteiger partial charge in [0.1, 0.15) is 5.82 Å². The van der Waals surface area contributed by atoms with E-state index in [1.54, 1.807) is 24.4 Å². The molecule has 1 aromatic carbocycles. The van der Waals surface area contributed by atoms with Crippen LogP contribution in [0.5, 0.6) is 0 Å². The highest BCUT2D eigenvalue weighted by Crippen LogP contribution is 2.31. The molecule has 2 aromatic rings. The van der Waals surface area contributed by atoms with Gasteiger partial charge in [0, 0.05) is 12.7 Å². The lowest BCUT2D eigenvalue weighted by Crippen LogP contribution is -2.16. The minimum absolute atomic E-state index is 0.451. The highest BCUT2D eigenvalue weighted by molar-refractivity contribution is 6.39. The number of para-hydroxylation sites is 1. The molecule has 5 nitrogen and oxygen atoms in total. The summed E-state index contributed by atoms with van der Waals surface area (Å²) in [4.78, 5) is 10.7. The van der Waals surface area contributed by atoms with Crippen molar-refractivity contribution in [2.24, 2.45) is 0 Å². The minimum atomic E-state index is 0.451. The topological polar surface area (TPSA) is 53.1 Å². The van der Waals surface area contributed by atoms with Gasteiger partial charge in [0.2, 0.25) is 5.95 Å². The highest BCUT2D eigenvalue weighted by Gasteiger charge is 2.07. The summed E-state index contributed by atoms with van der Waals surface area (Å²) in [6.45, 7) is 1.87. The van der Waals surface area contributed by atoms with Gasteiger partial charge in [-0.1, -0.05) is 29.3 Å². The number of hydrogen-bond donors (Lipinski definition) is 2. The molecule has 0 fully saturated rings. The van der Waals surface area contributed by atoms with Crippen molar-refractivity contribution in [2.75, 3.05) is 37.8 Å². The van der Waals surface area contributed by atoms with Gasteiger partial charge in [-0.2, -0.15) is 4.98 Å². The summed E-state index contributed by atoms with van der Waals surface area (Å²) in [5.41, 5.74) is 0.607. The van der Waals surface area contributed by atoms with Crippen molar-refractivity contribution in [3.63, 3.8) is 0 Å². The number of nitrogens with one attached hydrogen (secondary N) is 2. The summed E-state index contributed by atoms with van der Waals surface area (Å²) in [6, 6.07) is 7.15. The van der Waals surface area contributed by atoms with Crippen LogP contribution in [0.3, 0.4) is 0 Å². The Balaban J connectivity index is 1.99. The molecule has 2 N–H and O–H groups in total. The van der Waals surface area contributed by atoms with Crippen LogP contribution < -0.4 is 10.6 Å². The molecule has 0 amide bonds. The van der Waals surface area contributed by atoms with Gasteiger partial charge < -0.3 is 15.5 Å². The maximum absolute atomic E-state index is 6.13. The summed E-state index contributed by atoms with van der Waals surface area (Å²) >= 11 is 12.3. The standard InChI is InChI=1S/C15H19Cl2N5/c1-22(2)10-4-8-18-13-7-9-19-15(20-13)21-14-11(16)5-3-6-12(14)17/h3,5-7,9H,4,8,10H2,1-2H3,(H2,18,19,20,21). The molecule has 0 aliphatic rings. The van der Waals surface area contributed by atoms with E-state index in [4.69, 9.17) is 23.2 Å². The maximum atomic E-state index is 6.13. The van der Waals surface area contributed by atoms with E-state index in [1.807, 2.05) is 6.07 Å². The molecule has 7 heteroatoms. The first-order valence-corrected chi connectivity index (χ1v) is 7.74. The van der Waals surface area contributed by atoms with E-state index in [2.05, 4.69) is 39.6 Å². The molecule has 118 valence electrons. The van der Waals surface area contributed by atoms with Gasteiger partial charge in [-0.05, 0) is 45.3 Å². The molecule has 1 heterocycles. The van der Waals surface area contributed by atoms with Crippen LogP contribution in [0, 0.1) is 0 Å². The Morgan fingerprint density at radius 1 is 1.14 bits per heavy atom. The van der Waals surface area contributed by atoms with Gasteiger partial charge in [-0.15, -0.1) is 0 Å². The number of aromatic nitrogens is 2. The van der Waals surface area contributed by atoms with Gasteiger partial charge in [0.15, 0.2) is 0 Å². The van der Waals surface area contributed by atoms with E-state index in [-0.39, 0.29) is 0 Å². The first-order chi connectivity index (χ1) is 10.6. The second-order valence-corrected chi connectivity index (χ2v) is 5.89. The van der Waals surface area contributed by atoms with Gasteiger partial charge in [-0.25, -0.2) is 4.98 Å². The largest absolute Gasteiger partial charge is 0.370 e. The molecule has 2 rings (SSSR count). The van der Waals surface area contributed by atoms with Crippen LogP contribution in [0.15, 0.2) is 30.5 Å². The predicted molar refractivity (Wildman–Crippen MR) is 93.4 cm³/mol. The number of hydrogen-bond acceptors (Lipinski definition) is 5. The van der Waals surface area contributed by atoms with Crippen LogP contribution in [-0.2, 0) is 0 Å². The molecule has 1 aromatic heterocycles. The Bertz CT molecular complexity index is 598. The van der Waals surface area contributed by atoms with E-state index in [1.165, 1.54) is 0 Å². The molecule has 0 saturated heterocycles. The van der Waals surface area contributed by atoms with Gasteiger partial charge >= 0.3 is 0 Å². The number of halogens is 2. The maximum Gasteiger partial charge on any atom is 0.229 e. The molecule has 0 atom stereocenters. The fraction of sp³-hybridized carbons (Fsp3) is 0.333. The summed E-state index contributed by atoms with van der Waals surface area (Å²) in [5, 5.41) is 7.38. The van der Waals surface area contributed by atoms with Crippen molar-refractivity contribution in [3.05, 3.63) is 40.5 Å². The van der Waals surface area contributed by atoms with E-state index >= 15 is 0 Å². The quantitative estimate of drug-likeness (QED) is 0.749.